The number of halogens is 2. The quantitative estimate of drug-likeness (QED) is 0.486. The number of aromatic nitrogens is 5. The fourth-order valence-electron chi connectivity index (χ4n) is 3.20. The predicted molar refractivity (Wildman–Crippen MR) is 101 cm³/mol. The normalized spacial score (nSPS) is 14.0. The molecular formula is C20H15ClFN5. The molecule has 0 radical (unpaired) electrons. The van der Waals surface area contributed by atoms with Crippen molar-refractivity contribution in [2.45, 2.75) is 25.3 Å². The summed E-state index contributed by atoms with van der Waals surface area (Å²) in [5, 5.41) is 5.88. The van der Waals surface area contributed by atoms with E-state index in [0.29, 0.717) is 33.8 Å². The predicted octanol–water partition coefficient (Wildman–Crippen LogP) is 4.61. The second-order valence-electron chi connectivity index (χ2n) is 6.69. The van der Waals surface area contributed by atoms with Crippen LogP contribution in [0.3, 0.4) is 0 Å². The topological polar surface area (TPSA) is 56.5 Å². The smallest absolute Gasteiger partial charge is 0.182 e. The van der Waals surface area contributed by atoms with Gasteiger partial charge in [-0.2, -0.15) is 5.10 Å². The van der Waals surface area contributed by atoms with Crippen molar-refractivity contribution in [2.75, 3.05) is 0 Å². The number of hydrogen-bond donors (Lipinski definition) is 0. The molecule has 1 aromatic carbocycles. The highest BCUT2D eigenvalue weighted by molar-refractivity contribution is 6.29. The third kappa shape index (κ3) is 3.06. The van der Waals surface area contributed by atoms with E-state index in [0.717, 1.165) is 23.9 Å². The van der Waals surface area contributed by atoms with E-state index in [1.54, 1.807) is 29.1 Å². The molecule has 5 rings (SSSR count). The molecule has 5 nitrogen and oxygen atoms in total. The molecule has 7 heteroatoms. The van der Waals surface area contributed by atoms with Gasteiger partial charge in [0, 0.05) is 23.4 Å². The zero-order chi connectivity index (χ0) is 18.4. The van der Waals surface area contributed by atoms with Gasteiger partial charge >= 0.3 is 0 Å². The summed E-state index contributed by atoms with van der Waals surface area (Å²) < 4.78 is 15.8. The highest BCUT2D eigenvalue weighted by Gasteiger charge is 2.27. The van der Waals surface area contributed by atoms with Crippen LogP contribution in [0.1, 0.15) is 30.0 Å². The first-order chi connectivity index (χ1) is 13.2. The van der Waals surface area contributed by atoms with E-state index in [9.17, 15) is 4.39 Å². The van der Waals surface area contributed by atoms with Crippen LogP contribution in [0.4, 0.5) is 4.39 Å². The second-order valence-corrected chi connectivity index (χ2v) is 7.07. The molecule has 3 heterocycles. The first-order valence-corrected chi connectivity index (χ1v) is 9.16. The summed E-state index contributed by atoms with van der Waals surface area (Å²) in [7, 11) is 0. The average Bonchev–Trinajstić information content (AvgIpc) is 3.46. The number of nitrogens with zero attached hydrogens (tertiary/aromatic N) is 5. The van der Waals surface area contributed by atoms with Crippen LogP contribution in [-0.2, 0) is 6.54 Å². The summed E-state index contributed by atoms with van der Waals surface area (Å²) in [6.45, 7) is 0.274. The van der Waals surface area contributed by atoms with E-state index < -0.39 is 0 Å². The Morgan fingerprint density at radius 3 is 2.78 bits per heavy atom. The minimum atomic E-state index is -0.270. The lowest BCUT2D eigenvalue weighted by molar-refractivity contribution is 0.589. The molecule has 1 fully saturated rings. The van der Waals surface area contributed by atoms with Crippen molar-refractivity contribution in [3.8, 4) is 11.5 Å². The Labute approximate surface area is 159 Å². The molecule has 3 aromatic heterocycles. The molecule has 0 amide bonds. The Morgan fingerprint density at radius 1 is 1.11 bits per heavy atom. The molecule has 134 valence electrons. The lowest BCUT2D eigenvalue weighted by atomic mass is 10.2. The van der Waals surface area contributed by atoms with Crippen molar-refractivity contribution >= 4 is 22.6 Å². The van der Waals surface area contributed by atoms with Gasteiger partial charge in [0.15, 0.2) is 11.5 Å². The van der Waals surface area contributed by atoms with Gasteiger partial charge in [-0.25, -0.2) is 24.0 Å². The van der Waals surface area contributed by atoms with Crippen molar-refractivity contribution in [3.63, 3.8) is 0 Å². The Morgan fingerprint density at radius 2 is 1.96 bits per heavy atom. The van der Waals surface area contributed by atoms with Gasteiger partial charge in [-0.3, -0.25) is 0 Å². The Balaban J connectivity index is 1.65. The third-order valence-electron chi connectivity index (χ3n) is 4.71. The minimum absolute atomic E-state index is 0.270. The van der Waals surface area contributed by atoms with E-state index >= 15 is 0 Å². The van der Waals surface area contributed by atoms with Gasteiger partial charge in [-0.05, 0) is 37.1 Å². The minimum Gasteiger partial charge on any atom is -0.242 e. The summed E-state index contributed by atoms with van der Waals surface area (Å²) in [5.41, 5.74) is 2.77. The zero-order valence-electron chi connectivity index (χ0n) is 14.3. The monoisotopic (exact) mass is 379 g/mol. The Bertz CT molecular complexity index is 1150. The first-order valence-electron chi connectivity index (χ1n) is 8.79. The van der Waals surface area contributed by atoms with Crippen LogP contribution in [0.5, 0.6) is 0 Å². The van der Waals surface area contributed by atoms with Gasteiger partial charge in [0.25, 0.3) is 0 Å². The summed E-state index contributed by atoms with van der Waals surface area (Å²) in [6, 6.07) is 12.2. The van der Waals surface area contributed by atoms with E-state index in [2.05, 4.69) is 20.1 Å². The number of pyridine rings is 1. The summed E-state index contributed by atoms with van der Waals surface area (Å²) in [4.78, 5) is 13.5. The SMILES string of the molecule is Fc1ccccc1Cn1nc(-c2nc(Cl)cc(C3CC3)n2)c2cccnc21. The van der Waals surface area contributed by atoms with Gasteiger partial charge < -0.3 is 0 Å². The maximum Gasteiger partial charge on any atom is 0.182 e. The van der Waals surface area contributed by atoms with Crippen LogP contribution < -0.4 is 0 Å². The van der Waals surface area contributed by atoms with Gasteiger partial charge in [-0.1, -0.05) is 29.8 Å². The van der Waals surface area contributed by atoms with E-state index in [1.807, 2.05) is 18.2 Å². The van der Waals surface area contributed by atoms with Crippen molar-refractivity contribution in [2.24, 2.45) is 0 Å². The largest absolute Gasteiger partial charge is 0.242 e. The highest BCUT2D eigenvalue weighted by Crippen LogP contribution is 2.40. The summed E-state index contributed by atoms with van der Waals surface area (Å²) in [5.74, 6) is 0.664. The van der Waals surface area contributed by atoms with Crippen LogP contribution in [0.2, 0.25) is 5.15 Å². The molecule has 0 N–H and O–H groups in total. The molecule has 0 saturated heterocycles. The van der Waals surface area contributed by atoms with Crippen molar-refractivity contribution < 1.29 is 4.39 Å². The van der Waals surface area contributed by atoms with Crippen LogP contribution in [-0.4, -0.2) is 24.7 Å². The van der Waals surface area contributed by atoms with Gasteiger partial charge in [0.1, 0.15) is 16.7 Å². The fraction of sp³-hybridized carbons (Fsp3) is 0.200. The Kier molecular flexibility index (Phi) is 3.86. The molecule has 0 spiro atoms. The van der Waals surface area contributed by atoms with Gasteiger partial charge in [0.2, 0.25) is 0 Å². The number of hydrogen-bond acceptors (Lipinski definition) is 4. The van der Waals surface area contributed by atoms with Crippen molar-refractivity contribution in [1.29, 1.82) is 0 Å². The Hall–Kier alpha value is -2.86. The van der Waals surface area contributed by atoms with Gasteiger partial charge in [-0.15, -0.1) is 0 Å². The lowest BCUT2D eigenvalue weighted by Crippen LogP contribution is -2.05. The average molecular weight is 380 g/mol. The molecule has 0 aliphatic heterocycles. The van der Waals surface area contributed by atoms with Crippen LogP contribution >= 0.6 is 11.6 Å². The van der Waals surface area contributed by atoms with E-state index in [4.69, 9.17) is 11.6 Å². The standard InChI is InChI=1S/C20H15ClFN5/c21-17-10-16(12-7-8-12)24-19(25-17)18-14-5-3-9-23-20(14)27(26-18)11-13-4-1-2-6-15(13)22/h1-6,9-10,12H,7-8,11H2. The zero-order valence-corrected chi connectivity index (χ0v) is 15.1. The molecule has 27 heavy (non-hydrogen) atoms. The second kappa shape index (κ2) is 6.39. The van der Waals surface area contributed by atoms with Crippen LogP contribution in [0, 0.1) is 5.82 Å². The maximum absolute atomic E-state index is 14.1. The first kappa shape index (κ1) is 16.3. The molecule has 4 aromatic rings. The molecule has 1 saturated carbocycles. The van der Waals surface area contributed by atoms with Crippen molar-refractivity contribution in [3.05, 3.63) is 70.9 Å². The highest BCUT2D eigenvalue weighted by atomic mass is 35.5. The van der Waals surface area contributed by atoms with Crippen LogP contribution in [0.25, 0.3) is 22.6 Å². The molecule has 1 aliphatic carbocycles. The third-order valence-corrected chi connectivity index (χ3v) is 4.90. The van der Waals surface area contributed by atoms with E-state index in [-0.39, 0.29) is 12.4 Å². The number of rotatable bonds is 4. The van der Waals surface area contributed by atoms with Crippen LogP contribution in [0.15, 0.2) is 48.7 Å². The fourth-order valence-corrected chi connectivity index (χ4v) is 3.39. The molecule has 1 aliphatic rings. The maximum atomic E-state index is 14.1. The lowest BCUT2D eigenvalue weighted by Gasteiger charge is -2.04. The summed E-state index contributed by atoms with van der Waals surface area (Å²) in [6.07, 6.45) is 3.94. The number of benzene rings is 1. The molecule has 0 bridgehead atoms. The van der Waals surface area contributed by atoms with Gasteiger partial charge in [0.05, 0.1) is 11.9 Å². The van der Waals surface area contributed by atoms with E-state index in [1.165, 1.54) is 6.07 Å². The number of fused-ring (bicyclic) bond motifs is 1. The molecule has 0 atom stereocenters. The van der Waals surface area contributed by atoms with Crippen molar-refractivity contribution in [1.82, 2.24) is 24.7 Å². The summed E-state index contributed by atoms with van der Waals surface area (Å²) >= 11 is 6.23. The molecular weight excluding hydrogens is 365 g/mol. The molecule has 0 unspecified atom stereocenters.